The number of aliphatic imine (C=N–C) groups is 1. The summed E-state index contributed by atoms with van der Waals surface area (Å²) in [6, 6.07) is 14.3. The topological polar surface area (TPSA) is 93.5 Å². The third-order valence-corrected chi connectivity index (χ3v) is 4.99. The van der Waals surface area contributed by atoms with E-state index >= 15 is 0 Å². The van der Waals surface area contributed by atoms with E-state index in [1.807, 2.05) is 56.3 Å². The minimum Gasteiger partial charge on any atom is -0.463 e. The lowest BCUT2D eigenvalue weighted by molar-refractivity contribution is 0.346. The predicted octanol–water partition coefficient (Wildman–Crippen LogP) is 4.98. The number of ether oxygens (including phenoxy) is 2. The van der Waals surface area contributed by atoms with Gasteiger partial charge in [-0.1, -0.05) is 0 Å². The van der Waals surface area contributed by atoms with Crippen molar-refractivity contribution >= 4 is 34.1 Å². The third kappa shape index (κ3) is 4.29. The fraction of sp³-hybridized carbons (Fsp3) is 0.167. The van der Waals surface area contributed by atoms with E-state index in [1.54, 1.807) is 18.7 Å². The molecule has 0 fully saturated rings. The van der Waals surface area contributed by atoms with Gasteiger partial charge in [-0.05, 0) is 67.4 Å². The largest absolute Gasteiger partial charge is 0.463 e. The molecule has 8 heteroatoms. The Hall–Kier alpha value is -4.20. The van der Waals surface area contributed by atoms with E-state index in [-0.39, 0.29) is 0 Å². The van der Waals surface area contributed by atoms with Crippen LogP contribution in [-0.2, 0) is 4.74 Å². The monoisotopic (exact) mass is 426 g/mol. The molecule has 0 saturated carbocycles. The first-order chi connectivity index (χ1) is 15.6. The van der Waals surface area contributed by atoms with Crippen LogP contribution in [0.1, 0.15) is 11.1 Å². The maximum absolute atomic E-state index is 6.00. The second-order valence-electron chi connectivity index (χ2n) is 7.52. The van der Waals surface area contributed by atoms with E-state index < -0.39 is 0 Å². The first kappa shape index (κ1) is 19.7. The van der Waals surface area contributed by atoms with E-state index in [4.69, 9.17) is 9.47 Å². The molecule has 0 atom stereocenters. The third-order valence-electron chi connectivity index (χ3n) is 4.99. The molecule has 160 valence electrons. The van der Waals surface area contributed by atoms with Gasteiger partial charge in [-0.3, -0.25) is 4.98 Å². The molecule has 8 nitrogen and oxygen atoms in total. The van der Waals surface area contributed by atoms with Crippen molar-refractivity contribution in [1.82, 2.24) is 15.0 Å². The molecule has 2 aromatic carbocycles. The number of pyridine rings is 1. The Morgan fingerprint density at radius 3 is 2.62 bits per heavy atom. The quantitative estimate of drug-likeness (QED) is 0.465. The number of fused-ring (bicyclic) bond motifs is 1. The zero-order chi connectivity index (χ0) is 21.9. The van der Waals surface area contributed by atoms with Crippen LogP contribution in [0.5, 0.6) is 11.5 Å². The van der Waals surface area contributed by atoms with Crippen LogP contribution in [0.3, 0.4) is 0 Å². The van der Waals surface area contributed by atoms with Gasteiger partial charge in [0.15, 0.2) is 0 Å². The molecule has 32 heavy (non-hydrogen) atoms. The zero-order valence-electron chi connectivity index (χ0n) is 17.8. The van der Waals surface area contributed by atoms with Crippen molar-refractivity contribution in [2.24, 2.45) is 4.99 Å². The molecule has 0 aliphatic carbocycles. The Labute approximate surface area is 185 Å². The van der Waals surface area contributed by atoms with Crippen LogP contribution in [0.2, 0.25) is 0 Å². The van der Waals surface area contributed by atoms with Gasteiger partial charge < -0.3 is 20.1 Å². The van der Waals surface area contributed by atoms with E-state index in [9.17, 15) is 0 Å². The summed E-state index contributed by atoms with van der Waals surface area (Å²) >= 11 is 0. The van der Waals surface area contributed by atoms with Crippen molar-refractivity contribution in [3.8, 4) is 11.5 Å². The Balaban J connectivity index is 1.39. The maximum Gasteiger partial charge on any atom is 0.289 e. The summed E-state index contributed by atoms with van der Waals surface area (Å²) in [7, 11) is 0. The molecule has 0 unspecified atom stereocenters. The standard InChI is InChI=1S/C24H22N6O2/c1-15-9-19(13-25-12-15)32-22-6-4-17(10-16(22)2)29-23-20-11-18(30-24-26-7-8-31-24)3-5-21(20)27-14-28-23/h3-6,9-14H,7-8H2,1-2H3,(H,26,30)(H,27,28,29). The van der Waals surface area contributed by atoms with Crippen molar-refractivity contribution in [1.29, 1.82) is 0 Å². The number of rotatable bonds is 5. The highest BCUT2D eigenvalue weighted by molar-refractivity contribution is 5.97. The summed E-state index contributed by atoms with van der Waals surface area (Å²) in [4.78, 5) is 17.3. The lowest BCUT2D eigenvalue weighted by Gasteiger charge is -2.13. The summed E-state index contributed by atoms with van der Waals surface area (Å²) < 4.78 is 11.4. The van der Waals surface area contributed by atoms with Crippen LogP contribution in [0, 0.1) is 13.8 Å². The van der Waals surface area contributed by atoms with Crippen LogP contribution in [-0.4, -0.2) is 34.1 Å². The first-order valence-electron chi connectivity index (χ1n) is 10.3. The number of nitrogens with zero attached hydrogens (tertiary/aromatic N) is 4. The van der Waals surface area contributed by atoms with Gasteiger partial charge in [0.25, 0.3) is 6.02 Å². The molecule has 2 N–H and O–H groups in total. The van der Waals surface area contributed by atoms with Gasteiger partial charge in [0.2, 0.25) is 0 Å². The summed E-state index contributed by atoms with van der Waals surface area (Å²) in [5.74, 6) is 2.20. The highest BCUT2D eigenvalue weighted by atomic mass is 16.5. The molecule has 1 aliphatic rings. The number of amidine groups is 1. The van der Waals surface area contributed by atoms with Crippen LogP contribution in [0.15, 0.2) is 66.2 Å². The number of aromatic nitrogens is 3. The lowest BCUT2D eigenvalue weighted by Crippen LogP contribution is -2.11. The lowest BCUT2D eigenvalue weighted by atomic mass is 10.1. The highest BCUT2D eigenvalue weighted by Crippen LogP contribution is 2.30. The molecular weight excluding hydrogens is 404 g/mol. The molecular formula is C24H22N6O2. The zero-order valence-corrected chi connectivity index (χ0v) is 17.8. The average molecular weight is 426 g/mol. The minimum absolute atomic E-state index is 0.533. The summed E-state index contributed by atoms with van der Waals surface area (Å²) in [5, 5.41) is 7.48. The highest BCUT2D eigenvalue weighted by Gasteiger charge is 2.11. The number of benzene rings is 2. The Kier molecular flexibility index (Phi) is 5.25. The number of nitrogens with one attached hydrogen (secondary N) is 2. The van der Waals surface area contributed by atoms with Gasteiger partial charge in [-0.25, -0.2) is 15.0 Å². The first-order valence-corrected chi connectivity index (χ1v) is 10.3. The fourth-order valence-corrected chi connectivity index (χ4v) is 3.46. The van der Waals surface area contributed by atoms with Crippen molar-refractivity contribution in [2.45, 2.75) is 13.8 Å². The van der Waals surface area contributed by atoms with Gasteiger partial charge in [0.1, 0.15) is 30.3 Å². The van der Waals surface area contributed by atoms with E-state index in [1.165, 1.54) is 0 Å². The fourth-order valence-electron chi connectivity index (χ4n) is 3.46. The van der Waals surface area contributed by atoms with Gasteiger partial charge in [-0.15, -0.1) is 0 Å². The smallest absolute Gasteiger partial charge is 0.289 e. The van der Waals surface area contributed by atoms with Gasteiger partial charge >= 0.3 is 0 Å². The van der Waals surface area contributed by atoms with Gasteiger partial charge in [0, 0.05) is 23.0 Å². The SMILES string of the molecule is Cc1cncc(Oc2ccc(Nc3ncnc4ccc(NC5=NCCO5)cc34)cc2C)c1. The molecule has 1 aliphatic heterocycles. The van der Waals surface area contributed by atoms with Crippen molar-refractivity contribution in [3.05, 3.63) is 72.3 Å². The Morgan fingerprint density at radius 1 is 0.938 bits per heavy atom. The van der Waals surface area contributed by atoms with E-state index in [2.05, 4.69) is 30.6 Å². The molecule has 0 saturated heterocycles. The van der Waals surface area contributed by atoms with E-state index in [0.717, 1.165) is 39.2 Å². The van der Waals surface area contributed by atoms with Crippen LogP contribution in [0.25, 0.3) is 10.9 Å². The van der Waals surface area contributed by atoms with Gasteiger partial charge in [0.05, 0.1) is 18.3 Å². The normalized spacial score (nSPS) is 12.9. The van der Waals surface area contributed by atoms with Crippen molar-refractivity contribution in [3.63, 3.8) is 0 Å². The number of hydrogen-bond acceptors (Lipinski definition) is 8. The molecule has 0 spiro atoms. The Bertz CT molecular complexity index is 1320. The second kappa shape index (κ2) is 8.50. The predicted molar refractivity (Wildman–Crippen MR) is 125 cm³/mol. The number of anilines is 3. The van der Waals surface area contributed by atoms with Gasteiger partial charge in [-0.2, -0.15) is 0 Å². The molecule has 2 aromatic heterocycles. The van der Waals surface area contributed by atoms with Crippen molar-refractivity contribution < 1.29 is 9.47 Å². The minimum atomic E-state index is 0.533. The molecule has 0 bridgehead atoms. The van der Waals surface area contributed by atoms with Crippen LogP contribution in [0.4, 0.5) is 17.2 Å². The second-order valence-corrected chi connectivity index (χ2v) is 7.52. The molecule has 5 rings (SSSR count). The number of aryl methyl sites for hydroxylation is 2. The summed E-state index contributed by atoms with van der Waals surface area (Å²) in [5.41, 5.74) is 4.65. The van der Waals surface area contributed by atoms with Crippen LogP contribution >= 0.6 is 0 Å². The van der Waals surface area contributed by atoms with E-state index in [0.29, 0.717) is 30.7 Å². The Morgan fingerprint density at radius 2 is 1.81 bits per heavy atom. The summed E-state index contributed by atoms with van der Waals surface area (Å²) in [6.07, 6.45) is 5.06. The van der Waals surface area contributed by atoms with Crippen molar-refractivity contribution in [2.75, 3.05) is 23.8 Å². The van der Waals surface area contributed by atoms with Crippen LogP contribution < -0.4 is 15.4 Å². The molecule has 0 radical (unpaired) electrons. The molecule has 0 amide bonds. The molecule has 4 aromatic rings. The summed E-state index contributed by atoms with van der Waals surface area (Å²) in [6.45, 7) is 5.27. The maximum atomic E-state index is 6.00. The average Bonchev–Trinajstić information content (AvgIpc) is 3.29. The molecule has 3 heterocycles. The number of hydrogen-bond donors (Lipinski definition) is 2.